The second-order valence-electron chi connectivity index (χ2n) is 4.84. The standard InChI is InChI=1S/C14H15NO3/c16-13-2-1-9-15(13)11-5-7-12(8-6-11)18-14(17)10-3-4-10/h5-8,10H,1-4,9H2. The molecule has 4 heteroatoms. The van der Waals surface area contributed by atoms with Gasteiger partial charge in [-0.05, 0) is 43.5 Å². The fraction of sp³-hybridized carbons (Fsp3) is 0.429. The molecule has 1 amide bonds. The molecule has 1 aliphatic heterocycles. The summed E-state index contributed by atoms with van der Waals surface area (Å²) >= 11 is 0. The molecule has 0 atom stereocenters. The summed E-state index contributed by atoms with van der Waals surface area (Å²) in [5, 5.41) is 0. The SMILES string of the molecule is O=C(Oc1ccc(N2CCCC2=O)cc1)C1CC1. The molecule has 3 rings (SSSR count). The Balaban J connectivity index is 1.68. The first-order valence-electron chi connectivity index (χ1n) is 6.36. The Morgan fingerprint density at radius 2 is 1.94 bits per heavy atom. The van der Waals surface area contributed by atoms with Crippen molar-refractivity contribution in [2.24, 2.45) is 5.92 Å². The van der Waals surface area contributed by atoms with Gasteiger partial charge in [0.2, 0.25) is 5.91 Å². The highest BCUT2D eigenvalue weighted by Gasteiger charge is 2.31. The van der Waals surface area contributed by atoms with Gasteiger partial charge in [0.25, 0.3) is 0 Å². The second kappa shape index (κ2) is 4.44. The maximum absolute atomic E-state index is 11.6. The lowest BCUT2D eigenvalue weighted by atomic mass is 10.3. The molecule has 0 aromatic heterocycles. The zero-order valence-electron chi connectivity index (χ0n) is 10.1. The highest BCUT2D eigenvalue weighted by Crippen LogP contribution is 2.31. The van der Waals surface area contributed by atoms with Crippen LogP contribution in [-0.4, -0.2) is 18.4 Å². The highest BCUT2D eigenvalue weighted by atomic mass is 16.5. The lowest BCUT2D eigenvalue weighted by Crippen LogP contribution is -2.23. The minimum Gasteiger partial charge on any atom is -0.426 e. The van der Waals surface area contributed by atoms with Crippen molar-refractivity contribution in [2.45, 2.75) is 25.7 Å². The number of ether oxygens (including phenoxy) is 1. The third-order valence-corrected chi connectivity index (χ3v) is 3.35. The van der Waals surface area contributed by atoms with Gasteiger partial charge in [0, 0.05) is 18.7 Å². The molecule has 0 unspecified atom stereocenters. The molecular formula is C14H15NO3. The molecule has 94 valence electrons. The Labute approximate surface area is 106 Å². The van der Waals surface area contributed by atoms with Crippen LogP contribution in [0.3, 0.4) is 0 Å². The van der Waals surface area contributed by atoms with Crippen molar-refractivity contribution in [2.75, 3.05) is 11.4 Å². The van der Waals surface area contributed by atoms with Gasteiger partial charge >= 0.3 is 5.97 Å². The lowest BCUT2D eigenvalue weighted by Gasteiger charge is -2.15. The molecule has 2 fully saturated rings. The van der Waals surface area contributed by atoms with Gasteiger partial charge in [-0.1, -0.05) is 0 Å². The van der Waals surface area contributed by atoms with Gasteiger partial charge in [-0.2, -0.15) is 0 Å². The number of carbonyl (C=O) groups excluding carboxylic acids is 2. The molecule has 4 nitrogen and oxygen atoms in total. The molecule has 0 radical (unpaired) electrons. The number of benzene rings is 1. The van der Waals surface area contributed by atoms with E-state index in [0.717, 1.165) is 31.5 Å². The molecule has 1 saturated heterocycles. The van der Waals surface area contributed by atoms with Crippen LogP contribution >= 0.6 is 0 Å². The van der Waals surface area contributed by atoms with Crippen molar-refractivity contribution in [1.82, 2.24) is 0 Å². The minimum atomic E-state index is -0.139. The largest absolute Gasteiger partial charge is 0.426 e. The van der Waals surface area contributed by atoms with E-state index >= 15 is 0 Å². The molecule has 18 heavy (non-hydrogen) atoms. The van der Waals surface area contributed by atoms with E-state index in [9.17, 15) is 9.59 Å². The molecule has 0 N–H and O–H groups in total. The maximum atomic E-state index is 11.6. The monoisotopic (exact) mass is 245 g/mol. The predicted octanol–water partition coefficient (Wildman–Crippen LogP) is 2.13. The van der Waals surface area contributed by atoms with Gasteiger partial charge in [0.15, 0.2) is 0 Å². The number of carbonyl (C=O) groups is 2. The fourth-order valence-corrected chi connectivity index (χ4v) is 2.13. The van der Waals surface area contributed by atoms with Crippen LogP contribution in [0.1, 0.15) is 25.7 Å². The summed E-state index contributed by atoms with van der Waals surface area (Å²) in [4.78, 5) is 24.8. The first-order valence-corrected chi connectivity index (χ1v) is 6.36. The summed E-state index contributed by atoms with van der Waals surface area (Å²) in [5.74, 6) is 0.685. The number of hydrogen-bond acceptors (Lipinski definition) is 3. The lowest BCUT2D eigenvalue weighted by molar-refractivity contribution is -0.135. The molecule has 1 saturated carbocycles. The van der Waals surface area contributed by atoms with E-state index in [1.807, 2.05) is 12.1 Å². The summed E-state index contributed by atoms with van der Waals surface area (Å²) in [6.07, 6.45) is 3.42. The number of rotatable bonds is 3. The average molecular weight is 245 g/mol. The Bertz CT molecular complexity index is 476. The van der Waals surface area contributed by atoms with Crippen LogP contribution in [0.5, 0.6) is 5.75 Å². The first-order chi connectivity index (χ1) is 8.74. The number of nitrogens with zero attached hydrogens (tertiary/aromatic N) is 1. The molecule has 1 aromatic carbocycles. The normalized spacial score (nSPS) is 19.1. The average Bonchev–Trinajstić information content (AvgIpc) is 3.14. The zero-order chi connectivity index (χ0) is 12.5. The van der Waals surface area contributed by atoms with Crippen molar-refractivity contribution >= 4 is 17.6 Å². The van der Waals surface area contributed by atoms with Crippen LogP contribution in [0.15, 0.2) is 24.3 Å². The van der Waals surface area contributed by atoms with Crippen molar-refractivity contribution in [1.29, 1.82) is 0 Å². The van der Waals surface area contributed by atoms with Crippen LogP contribution in [0.2, 0.25) is 0 Å². The summed E-state index contributed by atoms with van der Waals surface area (Å²) in [6.45, 7) is 0.778. The van der Waals surface area contributed by atoms with E-state index in [4.69, 9.17) is 4.74 Å². The molecule has 1 heterocycles. The highest BCUT2D eigenvalue weighted by molar-refractivity contribution is 5.95. The Morgan fingerprint density at radius 3 is 2.50 bits per heavy atom. The van der Waals surface area contributed by atoms with Crippen LogP contribution < -0.4 is 9.64 Å². The molecular weight excluding hydrogens is 230 g/mol. The fourth-order valence-electron chi connectivity index (χ4n) is 2.13. The van der Waals surface area contributed by atoms with Crippen molar-refractivity contribution in [3.05, 3.63) is 24.3 Å². The van der Waals surface area contributed by atoms with Crippen LogP contribution in [0.4, 0.5) is 5.69 Å². The van der Waals surface area contributed by atoms with Gasteiger partial charge in [0.1, 0.15) is 5.75 Å². The Hall–Kier alpha value is -1.84. The van der Waals surface area contributed by atoms with Crippen molar-refractivity contribution in [3.8, 4) is 5.75 Å². The third-order valence-electron chi connectivity index (χ3n) is 3.35. The molecule has 0 spiro atoms. The van der Waals surface area contributed by atoms with Gasteiger partial charge in [-0.3, -0.25) is 9.59 Å². The summed E-state index contributed by atoms with van der Waals surface area (Å²) < 4.78 is 5.24. The number of anilines is 1. The van der Waals surface area contributed by atoms with Crippen molar-refractivity contribution in [3.63, 3.8) is 0 Å². The minimum absolute atomic E-state index is 0.102. The van der Waals surface area contributed by atoms with Crippen LogP contribution in [0, 0.1) is 5.92 Å². The second-order valence-corrected chi connectivity index (χ2v) is 4.84. The van der Waals surface area contributed by atoms with Gasteiger partial charge < -0.3 is 9.64 Å². The van der Waals surface area contributed by atoms with E-state index < -0.39 is 0 Å². The van der Waals surface area contributed by atoms with Gasteiger partial charge in [0.05, 0.1) is 5.92 Å². The van der Waals surface area contributed by atoms with Crippen molar-refractivity contribution < 1.29 is 14.3 Å². The number of esters is 1. The first kappa shape index (κ1) is 11.3. The Kier molecular flexibility index (Phi) is 2.78. The molecule has 1 aromatic rings. The zero-order valence-corrected chi connectivity index (χ0v) is 10.1. The van der Waals surface area contributed by atoms with E-state index in [0.29, 0.717) is 12.2 Å². The molecule has 2 aliphatic rings. The number of amides is 1. The summed E-state index contributed by atoms with van der Waals surface area (Å²) in [6, 6.07) is 7.17. The Morgan fingerprint density at radius 1 is 1.22 bits per heavy atom. The van der Waals surface area contributed by atoms with Crippen LogP contribution in [0.25, 0.3) is 0 Å². The topological polar surface area (TPSA) is 46.6 Å². The van der Waals surface area contributed by atoms with E-state index in [-0.39, 0.29) is 17.8 Å². The molecule has 0 bridgehead atoms. The van der Waals surface area contributed by atoms with E-state index in [1.54, 1.807) is 17.0 Å². The maximum Gasteiger partial charge on any atom is 0.314 e. The smallest absolute Gasteiger partial charge is 0.314 e. The summed E-state index contributed by atoms with van der Waals surface area (Å²) in [5.41, 5.74) is 0.878. The summed E-state index contributed by atoms with van der Waals surface area (Å²) in [7, 11) is 0. The predicted molar refractivity (Wildman–Crippen MR) is 66.4 cm³/mol. The number of hydrogen-bond donors (Lipinski definition) is 0. The third kappa shape index (κ3) is 2.23. The van der Waals surface area contributed by atoms with E-state index in [1.165, 1.54) is 0 Å². The molecule has 1 aliphatic carbocycles. The van der Waals surface area contributed by atoms with Crippen LogP contribution in [-0.2, 0) is 9.59 Å². The van der Waals surface area contributed by atoms with Gasteiger partial charge in [-0.15, -0.1) is 0 Å². The van der Waals surface area contributed by atoms with Gasteiger partial charge in [-0.25, -0.2) is 0 Å². The quantitative estimate of drug-likeness (QED) is 0.605. The van der Waals surface area contributed by atoms with E-state index in [2.05, 4.69) is 0 Å².